The van der Waals surface area contributed by atoms with Gasteiger partial charge in [0.05, 0.1) is 45.8 Å². The number of nitrogens with zero attached hydrogens (tertiary/aromatic N) is 3. The number of aromatic amines is 1. The van der Waals surface area contributed by atoms with Gasteiger partial charge in [-0.2, -0.15) is 5.26 Å². The van der Waals surface area contributed by atoms with E-state index in [1.54, 1.807) is 14.2 Å². The van der Waals surface area contributed by atoms with Crippen molar-refractivity contribution >= 4 is 8.53 Å². The zero-order valence-corrected chi connectivity index (χ0v) is 33.2. The molecule has 1 saturated heterocycles. The molecule has 4 aromatic rings. The number of hydrogen-bond donors (Lipinski definition) is 1. The van der Waals surface area contributed by atoms with Crippen LogP contribution in [0.3, 0.4) is 0 Å². The maximum atomic E-state index is 13.3. The number of ether oxygens (including phenoxy) is 4. The lowest BCUT2D eigenvalue weighted by Crippen LogP contribution is -2.47. The van der Waals surface area contributed by atoms with E-state index in [1.807, 2.05) is 91.9 Å². The van der Waals surface area contributed by atoms with Crippen LogP contribution in [0.2, 0.25) is 0 Å². The zero-order chi connectivity index (χ0) is 39.3. The van der Waals surface area contributed by atoms with Crippen LogP contribution in [0, 0.1) is 17.2 Å². The SMILES string of the molecule is COc1ccc(C(OCC23C=C(C)C(C(n4ccc(=O)[nH]c4=O)O2)C3OP(OCCC#N)N(C(C)C)C(C)C)(c2ccccc2)c2ccc(OC)cc2)cc1. The van der Waals surface area contributed by atoms with E-state index in [-0.39, 0.29) is 31.7 Å². The minimum Gasteiger partial charge on any atom is -0.497 e. The van der Waals surface area contributed by atoms with E-state index in [0.29, 0.717) is 11.5 Å². The lowest BCUT2D eigenvalue weighted by atomic mass is 9.79. The third-order valence-corrected chi connectivity index (χ3v) is 12.2. The van der Waals surface area contributed by atoms with Gasteiger partial charge in [-0.25, -0.2) is 9.46 Å². The minimum atomic E-state index is -1.73. The molecule has 2 bridgehead atoms. The molecular formula is C42H49N4O8P. The van der Waals surface area contributed by atoms with Crippen LogP contribution in [0.1, 0.15) is 64.0 Å². The molecule has 1 aromatic heterocycles. The third kappa shape index (κ3) is 7.92. The second kappa shape index (κ2) is 17.0. The number of aromatic nitrogens is 2. The van der Waals surface area contributed by atoms with Gasteiger partial charge in [0.15, 0.2) is 0 Å². The second-order valence-corrected chi connectivity index (χ2v) is 15.7. The molecule has 2 aliphatic rings. The van der Waals surface area contributed by atoms with Crippen LogP contribution in [0.15, 0.2) is 112 Å². The molecular weight excluding hydrogens is 719 g/mol. The predicted molar refractivity (Wildman–Crippen MR) is 210 cm³/mol. The van der Waals surface area contributed by atoms with Crippen molar-refractivity contribution in [2.45, 2.75) is 76.7 Å². The lowest BCUT2D eigenvalue weighted by Gasteiger charge is -2.41. The van der Waals surface area contributed by atoms with Crippen LogP contribution in [0.25, 0.3) is 0 Å². The van der Waals surface area contributed by atoms with Gasteiger partial charge in [-0.15, -0.1) is 0 Å². The van der Waals surface area contributed by atoms with Crippen LogP contribution >= 0.6 is 8.53 Å². The fourth-order valence-corrected chi connectivity index (χ4v) is 9.55. The molecule has 0 saturated carbocycles. The molecule has 55 heavy (non-hydrogen) atoms. The summed E-state index contributed by atoms with van der Waals surface area (Å²) in [6.45, 7) is 10.5. The Morgan fingerprint density at radius 3 is 2.02 bits per heavy atom. The number of nitriles is 1. The summed E-state index contributed by atoms with van der Waals surface area (Å²) in [4.78, 5) is 27.9. The number of H-pyrrole nitrogens is 1. The van der Waals surface area contributed by atoms with Crippen molar-refractivity contribution < 1.29 is 28.0 Å². The normalized spacial score (nSPS) is 21.2. The van der Waals surface area contributed by atoms with Crippen molar-refractivity contribution in [3.8, 4) is 17.6 Å². The monoisotopic (exact) mass is 768 g/mol. The molecule has 1 aliphatic carbocycles. The van der Waals surface area contributed by atoms with Crippen molar-refractivity contribution in [2.75, 3.05) is 27.4 Å². The van der Waals surface area contributed by atoms with Gasteiger partial charge >= 0.3 is 5.69 Å². The lowest BCUT2D eigenvalue weighted by molar-refractivity contribution is -0.135. The van der Waals surface area contributed by atoms with Crippen LogP contribution in [0.5, 0.6) is 11.5 Å². The van der Waals surface area contributed by atoms with E-state index >= 15 is 0 Å². The number of methoxy groups -OCH3 is 2. The average molecular weight is 769 g/mol. The first-order chi connectivity index (χ1) is 26.5. The standard InChI is InChI=1S/C42H49N4O8P/c1-28(2)46(29(3)4)55(52-25-11-23-43)54-38-37-30(5)26-41(38,53-39(37)45-24-22-36(47)44-40(45)48)27-51-42(31-12-9-8-10-13-31,32-14-18-34(49-6)19-15-32)33-16-20-35(50-7)21-17-33/h8-10,12-22,24,26,28-29,37-39H,11,25,27H2,1-7H3,(H,44,47,48). The summed E-state index contributed by atoms with van der Waals surface area (Å²) in [5, 5.41) is 9.39. The highest BCUT2D eigenvalue weighted by molar-refractivity contribution is 7.44. The second-order valence-electron chi connectivity index (χ2n) is 14.3. The molecule has 13 heteroatoms. The first-order valence-corrected chi connectivity index (χ1v) is 19.5. The average Bonchev–Trinajstić information content (AvgIpc) is 3.62. The van der Waals surface area contributed by atoms with E-state index in [9.17, 15) is 14.9 Å². The molecule has 1 fully saturated rings. The Morgan fingerprint density at radius 2 is 1.49 bits per heavy atom. The van der Waals surface area contributed by atoms with Crippen molar-refractivity contribution in [1.82, 2.24) is 14.2 Å². The number of fused-ring (bicyclic) bond motifs is 2. The Labute approximate surface area is 323 Å². The van der Waals surface area contributed by atoms with Crippen molar-refractivity contribution in [2.24, 2.45) is 5.92 Å². The summed E-state index contributed by atoms with van der Waals surface area (Å²) in [7, 11) is 1.53. The summed E-state index contributed by atoms with van der Waals surface area (Å²) < 4.78 is 42.6. The van der Waals surface area contributed by atoms with E-state index in [4.69, 9.17) is 28.0 Å². The number of hydrogen-bond acceptors (Lipinski definition) is 10. The summed E-state index contributed by atoms with van der Waals surface area (Å²) >= 11 is 0. The number of benzene rings is 3. The molecule has 0 amide bonds. The maximum absolute atomic E-state index is 13.3. The number of rotatable bonds is 17. The van der Waals surface area contributed by atoms with Crippen LogP contribution in [0.4, 0.5) is 0 Å². The molecule has 1 N–H and O–H groups in total. The van der Waals surface area contributed by atoms with Gasteiger partial charge in [0.25, 0.3) is 14.1 Å². The zero-order valence-electron chi connectivity index (χ0n) is 32.3. The first kappa shape index (κ1) is 40.1. The molecule has 5 unspecified atom stereocenters. The summed E-state index contributed by atoms with van der Waals surface area (Å²) in [5.41, 5.74) is -0.0169. The van der Waals surface area contributed by atoms with Gasteiger partial charge in [-0.1, -0.05) is 60.2 Å². The highest BCUT2D eigenvalue weighted by Crippen LogP contribution is 2.59. The highest BCUT2D eigenvalue weighted by Gasteiger charge is 2.63. The molecule has 1 aliphatic heterocycles. The van der Waals surface area contributed by atoms with Gasteiger partial charge in [-0.05, 0) is 81.7 Å². The minimum absolute atomic E-state index is 0.0161. The molecule has 6 rings (SSSR count). The first-order valence-electron chi connectivity index (χ1n) is 18.4. The van der Waals surface area contributed by atoms with Crippen LogP contribution in [-0.4, -0.2) is 65.4 Å². The Hall–Kier alpha value is -4.60. The molecule has 0 spiro atoms. The smallest absolute Gasteiger partial charge is 0.330 e. The molecule has 3 aromatic carbocycles. The van der Waals surface area contributed by atoms with Crippen LogP contribution < -0.4 is 20.7 Å². The fraction of sp³-hybridized carbons (Fsp3) is 0.405. The molecule has 2 heterocycles. The third-order valence-electron chi connectivity index (χ3n) is 10.1. The Balaban J connectivity index is 1.51. The Bertz CT molecular complexity index is 2040. The van der Waals surface area contributed by atoms with Crippen molar-refractivity contribution in [1.29, 1.82) is 5.26 Å². The van der Waals surface area contributed by atoms with E-state index < -0.39 is 49.2 Å². The largest absolute Gasteiger partial charge is 0.497 e. The van der Waals surface area contributed by atoms with Crippen molar-refractivity contribution in [3.05, 3.63) is 140 Å². The summed E-state index contributed by atoms with van der Waals surface area (Å²) in [6, 6.07) is 29.1. The van der Waals surface area contributed by atoms with Gasteiger partial charge in [0, 0.05) is 24.3 Å². The van der Waals surface area contributed by atoms with E-state index in [1.165, 1.54) is 16.8 Å². The molecule has 12 nitrogen and oxygen atoms in total. The molecule has 290 valence electrons. The highest BCUT2D eigenvalue weighted by atomic mass is 31.2. The Morgan fingerprint density at radius 1 is 0.909 bits per heavy atom. The Kier molecular flexibility index (Phi) is 12.4. The fourth-order valence-electron chi connectivity index (χ4n) is 7.74. The predicted octanol–water partition coefficient (Wildman–Crippen LogP) is 7.07. The van der Waals surface area contributed by atoms with Gasteiger partial charge in [0.1, 0.15) is 35.0 Å². The summed E-state index contributed by atoms with van der Waals surface area (Å²) in [6.07, 6.45) is 2.16. The summed E-state index contributed by atoms with van der Waals surface area (Å²) in [5.74, 6) is 0.941. The van der Waals surface area contributed by atoms with Gasteiger partial charge in [-0.3, -0.25) is 14.3 Å². The van der Waals surface area contributed by atoms with E-state index in [2.05, 4.69) is 43.4 Å². The van der Waals surface area contributed by atoms with Crippen LogP contribution in [-0.2, 0) is 24.1 Å². The molecule has 0 radical (unpaired) electrons. The maximum Gasteiger partial charge on any atom is 0.330 e. The quantitative estimate of drug-likeness (QED) is 0.0514. The van der Waals surface area contributed by atoms with Gasteiger partial charge in [0.2, 0.25) is 0 Å². The number of nitrogens with one attached hydrogen (secondary N) is 1. The van der Waals surface area contributed by atoms with E-state index in [0.717, 1.165) is 22.3 Å². The molecule has 5 atom stereocenters. The van der Waals surface area contributed by atoms with Crippen molar-refractivity contribution in [3.63, 3.8) is 0 Å². The topological polar surface area (TPSA) is 137 Å². The van der Waals surface area contributed by atoms with Gasteiger partial charge < -0.3 is 28.0 Å².